The minimum absolute atomic E-state index is 0. The molecule has 0 bridgehead atoms. The summed E-state index contributed by atoms with van der Waals surface area (Å²) in [7, 11) is -1.34. The van der Waals surface area contributed by atoms with Crippen molar-refractivity contribution in [3.8, 4) is 0 Å². The van der Waals surface area contributed by atoms with E-state index >= 15 is 0 Å². The van der Waals surface area contributed by atoms with Crippen LogP contribution in [-0.4, -0.2) is 80.7 Å². The Labute approximate surface area is 183 Å². The van der Waals surface area contributed by atoms with Crippen LogP contribution in [0.15, 0.2) is 4.99 Å². The van der Waals surface area contributed by atoms with Crippen molar-refractivity contribution in [2.24, 2.45) is 4.99 Å². The molecule has 1 aromatic heterocycles. The molecule has 1 aliphatic heterocycles. The van der Waals surface area contributed by atoms with Crippen molar-refractivity contribution in [2.45, 2.75) is 26.7 Å². The number of rotatable bonds is 8. The highest BCUT2D eigenvalue weighted by molar-refractivity contribution is 14.0. The van der Waals surface area contributed by atoms with Gasteiger partial charge in [-0.25, -0.2) is 18.1 Å². The van der Waals surface area contributed by atoms with Crippen LogP contribution in [0.25, 0.3) is 0 Å². The lowest BCUT2D eigenvalue weighted by Crippen LogP contribution is -2.52. The Kier molecular flexibility index (Phi) is 10.8. The fourth-order valence-corrected chi connectivity index (χ4v) is 4.04. The molecule has 0 aliphatic carbocycles. The first-order chi connectivity index (χ1) is 12.5. The van der Waals surface area contributed by atoms with Gasteiger partial charge in [-0.1, -0.05) is 6.92 Å². The van der Waals surface area contributed by atoms with E-state index in [4.69, 9.17) is 0 Å². The first-order valence-corrected chi connectivity index (χ1v) is 11.4. The van der Waals surface area contributed by atoms with Crippen molar-refractivity contribution in [1.29, 1.82) is 0 Å². The molecule has 2 rings (SSSR count). The molecule has 1 aromatic rings. The third-order valence-corrected chi connectivity index (χ3v) is 6.39. The first-order valence-electron chi connectivity index (χ1n) is 8.99. The van der Waals surface area contributed by atoms with E-state index in [0.29, 0.717) is 19.5 Å². The highest BCUT2D eigenvalue weighted by atomic mass is 127. The lowest BCUT2D eigenvalue weighted by Gasteiger charge is -2.36. The number of halogens is 1. The van der Waals surface area contributed by atoms with Gasteiger partial charge in [-0.05, 0) is 13.3 Å². The molecule has 9 nitrogen and oxygen atoms in total. The number of aromatic nitrogens is 2. The molecule has 0 amide bonds. The second kappa shape index (κ2) is 12.0. The average molecular weight is 531 g/mol. The van der Waals surface area contributed by atoms with Crippen LogP contribution in [-0.2, 0) is 16.4 Å². The summed E-state index contributed by atoms with van der Waals surface area (Å²) in [4.78, 5) is 13.4. The summed E-state index contributed by atoms with van der Waals surface area (Å²) in [5.41, 5.74) is 0. The normalized spacial score (nSPS) is 15.6. The van der Waals surface area contributed by atoms with Gasteiger partial charge in [0.2, 0.25) is 15.2 Å². The van der Waals surface area contributed by atoms with E-state index in [-0.39, 0.29) is 29.7 Å². The maximum Gasteiger partial charge on any atom is 0.211 e. The smallest absolute Gasteiger partial charge is 0.211 e. The van der Waals surface area contributed by atoms with E-state index < -0.39 is 10.0 Å². The highest BCUT2D eigenvalue weighted by Gasteiger charge is 2.21. The number of sulfonamides is 1. The van der Waals surface area contributed by atoms with Crippen molar-refractivity contribution in [1.82, 2.24) is 24.3 Å². The molecule has 156 valence electrons. The molecule has 0 saturated carbocycles. The minimum atomic E-state index is -3.11. The second-order valence-corrected chi connectivity index (χ2v) is 8.77. The lowest BCUT2D eigenvalue weighted by atomic mass is 10.3. The van der Waals surface area contributed by atoms with E-state index in [2.05, 4.69) is 41.1 Å². The number of aryl methyl sites for hydroxylation is 1. The molecule has 2 N–H and O–H groups in total. The minimum Gasteiger partial charge on any atom is -0.356 e. The molecule has 12 heteroatoms. The molecular weight excluding hydrogens is 501 g/mol. The van der Waals surface area contributed by atoms with Crippen LogP contribution in [0, 0.1) is 0 Å². The van der Waals surface area contributed by atoms with E-state index in [1.54, 1.807) is 14.0 Å². The molecule has 1 aliphatic rings. The van der Waals surface area contributed by atoms with Gasteiger partial charge >= 0.3 is 0 Å². The SMILES string of the molecule is CCc1nsc(N2CCN(C(=NC)NCCCNS(=O)(=O)CC)CC2)n1.I. The van der Waals surface area contributed by atoms with Gasteiger partial charge < -0.3 is 15.1 Å². The molecule has 27 heavy (non-hydrogen) atoms. The number of hydrogen-bond donors (Lipinski definition) is 2. The summed E-state index contributed by atoms with van der Waals surface area (Å²) >= 11 is 1.46. The van der Waals surface area contributed by atoms with Crippen molar-refractivity contribution < 1.29 is 8.42 Å². The fraction of sp³-hybridized carbons (Fsp3) is 0.800. The van der Waals surface area contributed by atoms with Crippen LogP contribution in [0.5, 0.6) is 0 Å². The molecule has 0 spiro atoms. The number of piperazine rings is 1. The Bertz CT molecular complexity index is 688. The third kappa shape index (κ3) is 7.66. The zero-order valence-corrected chi connectivity index (χ0v) is 20.1. The summed E-state index contributed by atoms with van der Waals surface area (Å²) in [6.07, 6.45) is 1.57. The van der Waals surface area contributed by atoms with Crippen molar-refractivity contribution in [3.05, 3.63) is 5.82 Å². The Morgan fingerprint density at radius 3 is 2.48 bits per heavy atom. The summed E-state index contributed by atoms with van der Waals surface area (Å²) < 4.78 is 29.7. The van der Waals surface area contributed by atoms with Crippen LogP contribution < -0.4 is 14.9 Å². The second-order valence-electron chi connectivity index (χ2n) is 5.95. The highest BCUT2D eigenvalue weighted by Crippen LogP contribution is 2.19. The molecule has 0 atom stereocenters. The molecule has 0 aromatic carbocycles. The van der Waals surface area contributed by atoms with Crippen molar-refractivity contribution in [3.63, 3.8) is 0 Å². The summed E-state index contributed by atoms with van der Waals surface area (Å²) in [5, 5.41) is 4.30. The first kappa shape index (κ1) is 24.3. The largest absolute Gasteiger partial charge is 0.356 e. The number of hydrogen-bond acceptors (Lipinski definition) is 7. The van der Waals surface area contributed by atoms with Gasteiger partial charge in [-0.2, -0.15) is 4.37 Å². The zero-order chi connectivity index (χ0) is 19.0. The Morgan fingerprint density at radius 1 is 1.22 bits per heavy atom. The van der Waals surface area contributed by atoms with E-state index in [1.807, 2.05) is 0 Å². The van der Waals surface area contributed by atoms with Crippen LogP contribution in [0.3, 0.4) is 0 Å². The van der Waals surface area contributed by atoms with E-state index in [9.17, 15) is 8.42 Å². The fourth-order valence-electron chi connectivity index (χ4n) is 2.58. The van der Waals surface area contributed by atoms with Gasteiger partial charge in [0.25, 0.3) is 0 Å². The topological polar surface area (TPSA) is 103 Å². The van der Waals surface area contributed by atoms with E-state index in [0.717, 1.165) is 49.5 Å². The monoisotopic (exact) mass is 531 g/mol. The third-order valence-electron chi connectivity index (χ3n) is 4.17. The predicted octanol–water partition coefficient (Wildman–Crippen LogP) is 0.745. The van der Waals surface area contributed by atoms with Gasteiger partial charge in [-0.3, -0.25) is 4.99 Å². The molecule has 1 saturated heterocycles. The Morgan fingerprint density at radius 2 is 1.93 bits per heavy atom. The maximum absolute atomic E-state index is 11.4. The molecule has 0 radical (unpaired) electrons. The van der Waals surface area contributed by atoms with Gasteiger partial charge in [0.05, 0.1) is 5.75 Å². The maximum atomic E-state index is 11.4. The molecular formula is C15H30IN7O2S2. The number of anilines is 1. The summed E-state index contributed by atoms with van der Waals surface area (Å²) in [6, 6.07) is 0. The number of nitrogens with one attached hydrogen (secondary N) is 2. The molecule has 0 unspecified atom stereocenters. The van der Waals surface area contributed by atoms with Gasteiger partial charge in [0, 0.05) is 64.3 Å². The zero-order valence-electron chi connectivity index (χ0n) is 16.1. The van der Waals surface area contributed by atoms with Crippen molar-refractivity contribution >= 4 is 56.6 Å². The van der Waals surface area contributed by atoms with Crippen LogP contribution in [0.4, 0.5) is 5.13 Å². The molecule has 1 fully saturated rings. The van der Waals surface area contributed by atoms with Gasteiger partial charge in [0.1, 0.15) is 5.82 Å². The molecule has 2 heterocycles. The number of aliphatic imine (C=N–C) groups is 1. The number of nitrogens with zero attached hydrogens (tertiary/aromatic N) is 5. The quantitative estimate of drug-likeness (QED) is 0.221. The van der Waals surface area contributed by atoms with Crippen LogP contribution >= 0.6 is 35.5 Å². The Hall–Kier alpha value is -0.730. The average Bonchev–Trinajstić information content (AvgIpc) is 3.14. The number of guanidine groups is 1. The summed E-state index contributed by atoms with van der Waals surface area (Å²) in [6.45, 7) is 8.30. The Balaban J connectivity index is 0.00000364. The van der Waals surface area contributed by atoms with Crippen molar-refractivity contribution in [2.75, 3.05) is 57.0 Å². The summed E-state index contributed by atoms with van der Waals surface area (Å²) in [5.74, 6) is 1.87. The standard InChI is InChI=1S/C15H29N7O2S2.HI/c1-4-13-19-15(25-20-13)22-11-9-21(10-12-22)14(16-3)17-7-6-8-18-26(23,24)5-2;/h18H,4-12H2,1-3H3,(H,16,17);1H. The van der Waals surface area contributed by atoms with Gasteiger partial charge in [-0.15, -0.1) is 24.0 Å². The predicted molar refractivity (Wildman–Crippen MR) is 122 cm³/mol. The van der Waals surface area contributed by atoms with E-state index in [1.165, 1.54) is 11.5 Å². The van der Waals surface area contributed by atoms with Crippen LogP contribution in [0.1, 0.15) is 26.1 Å². The van der Waals surface area contributed by atoms with Gasteiger partial charge in [0.15, 0.2) is 5.96 Å². The lowest BCUT2D eigenvalue weighted by molar-refractivity contribution is 0.372. The van der Waals surface area contributed by atoms with Crippen LogP contribution in [0.2, 0.25) is 0 Å².